The van der Waals surface area contributed by atoms with Crippen molar-refractivity contribution >= 4 is 28.5 Å². The highest BCUT2D eigenvalue weighted by Gasteiger charge is 2.16. The van der Waals surface area contributed by atoms with Crippen molar-refractivity contribution < 1.29 is 19.1 Å². The molecule has 2 rings (SSSR count). The Morgan fingerprint density at radius 1 is 1.50 bits per heavy atom. The SMILES string of the molecule is CCOC(=O)c1cc(=O)c2c(O)c(Cl)ccc2o1. The molecule has 0 unspecified atom stereocenters. The average molecular weight is 269 g/mol. The van der Waals surface area contributed by atoms with E-state index in [1.165, 1.54) is 12.1 Å². The molecule has 0 saturated carbocycles. The van der Waals surface area contributed by atoms with Crippen molar-refractivity contribution in [1.29, 1.82) is 0 Å². The van der Waals surface area contributed by atoms with Gasteiger partial charge in [-0.2, -0.15) is 0 Å². The molecule has 0 aliphatic heterocycles. The van der Waals surface area contributed by atoms with Gasteiger partial charge in [-0.3, -0.25) is 4.79 Å². The van der Waals surface area contributed by atoms with Gasteiger partial charge in [-0.1, -0.05) is 11.6 Å². The lowest BCUT2D eigenvalue weighted by molar-refractivity contribution is 0.0490. The summed E-state index contributed by atoms with van der Waals surface area (Å²) in [5, 5.41) is 9.64. The zero-order chi connectivity index (χ0) is 13.3. The van der Waals surface area contributed by atoms with Gasteiger partial charge in [-0.15, -0.1) is 0 Å². The molecule has 94 valence electrons. The van der Waals surface area contributed by atoms with Crippen LogP contribution in [0.3, 0.4) is 0 Å². The fraction of sp³-hybridized carbons (Fsp3) is 0.167. The van der Waals surface area contributed by atoms with E-state index in [2.05, 4.69) is 0 Å². The Morgan fingerprint density at radius 2 is 2.22 bits per heavy atom. The maximum Gasteiger partial charge on any atom is 0.374 e. The molecule has 0 spiro atoms. The maximum atomic E-state index is 11.8. The summed E-state index contributed by atoms with van der Waals surface area (Å²) in [5.74, 6) is -1.31. The molecule has 0 fully saturated rings. The smallest absolute Gasteiger partial charge is 0.374 e. The number of benzene rings is 1. The Morgan fingerprint density at radius 3 is 2.89 bits per heavy atom. The lowest BCUT2D eigenvalue weighted by Gasteiger charge is -2.04. The van der Waals surface area contributed by atoms with E-state index in [1.807, 2.05) is 0 Å². The second-order valence-corrected chi connectivity index (χ2v) is 3.87. The molecule has 0 radical (unpaired) electrons. The van der Waals surface area contributed by atoms with Crippen LogP contribution in [0.1, 0.15) is 17.5 Å². The van der Waals surface area contributed by atoms with Crippen molar-refractivity contribution in [3.63, 3.8) is 0 Å². The third-order valence-electron chi connectivity index (χ3n) is 2.30. The minimum atomic E-state index is -0.731. The molecular weight excluding hydrogens is 260 g/mol. The minimum absolute atomic E-state index is 0.0404. The number of aromatic hydroxyl groups is 1. The Hall–Kier alpha value is -2.01. The third kappa shape index (κ3) is 2.04. The molecule has 1 aromatic heterocycles. The summed E-state index contributed by atoms with van der Waals surface area (Å²) < 4.78 is 9.93. The Kier molecular flexibility index (Phi) is 3.25. The predicted octanol–water partition coefficient (Wildman–Crippen LogP) is 2.33. The highest BCUT2D eigenvalue weighted by Crippen LogP contribution is 2.30. The lowest BCUT2D eigenvalue weighted by Crippen LogP contribution is -2.10. The first-order chi connectivity index (χ1) is 8.54. The molecule has 0 aliphatic rings. The van der Waals surface area contributed by atoms with Crippen LogP contribution in [0, 0.1) is 0 Å². The van der Waals surface area contributed by atoms with E-state index in [0.29, 0.717) is 0 Å². The van der Waals surface area contributed by atoms with Gasteiger partial charge < -0.3 is 14.3 Å². The van der Waals surface area contributed by atoms with Crippen molar-refractivity contribution in [3.8, 4) is 5.75 Å². The van der Waals surface area contributed by atoms with E-state index < -0.39 is 11.4 Å². The number of phenols is 1. The van der Waals surface area contributed by atoms with Gasteiger partial charge >= 0.3 is 5.97 Å². The van der Waals surface area contributed by atoms with Crippen LogP contribution in [0.4, 0.5) is 0 Å². The first kappa shape index (κ1) is 12.4. The molecule has 0 atom stereocenters. The highest BCUT2D eigenvalue weighted by atomic mass is 35.5. The van der Waals surface area contributed by atoms with E-state index in [0.717, 1.165) is 6.07 Å². The molecule has 18 heavy (non-hydrogen) atoms. The van der Waals surface area contributed by atoms with Gasteiger partial charge in [-0.25, -0.2) is 4.79 Å². The van der Waals surface area contributed by atoms with Gasteiger partial charge in [-0.05, 0) is 19.1 Å². The van der Waals surface area contributed by atoms with Crippen LogP contribution in [0.15, 0.2) is 27.4 Å². The number of halogens is 1. The largest absolute Gasteiger partial charge is 0.505 e. The molecule has 2 aromatic rings. The van der Waals surface area contributed by atoms with Gasteiger partial charge in [0.15, 0.2) is 5.43 Å². The average Bonchev–Trinajstić information content (AvgIpc) is 2.33. The van der Waals surface area contributed by atoms with Gasteiger partial charge in [0.1, 0.15) is 16.7 Å². The van der Waals surface area contributed by atoms with Gasteiger partial charge in [0.2, 0.25) is 5.76 Å². The van der Waals surface area contributed by atoms with Crippen LogP contribution < -0.4 is 5.43 Å². The summed E-state index contributed by atoms with van der Waals surface area (Å²) in [7, 11) is 0. The highest BCUT2D eigenvalue weighted by molar-refractivity contribution is 6.33. The third-order valence-corrected chi connectivity index (χ3v) is 2.60. The van der Waals surface area contributed by atoms with Crippen molar-refractivity contribution in [2.24, 2.45) is 0 Å². The first-order valence-electron chi connectivity index (χ1n) is 5.17. The van der Waals surface area contributed by atoms with Crippen molar-refractivity contribution in [2.75, 3.05) is 6.61 Å². The second kappa shape index (κ2) is 4.70. The van der Waals surface area contributed by atoms with Crippen molar-refractivity contribution in [1.82, 2.24) is 0 Å². The number of fused-ring (bicyclic) bond motifs is 1. The lowest BCUT2D eigenvalue weighted by atomic mass is 10.2. The number of ether oxygens (including phenoxy) is 1. The fourth-order valence-corrected chi connectivity index (χ4v) is 1.67. The number of rotatable bonds is 2. The number of carbonyl (C=O) groups is 1. The van der Waals surface area contributed by atoms with E-state index in [4.69, 9.17) is 20.8 Å². The second-order valence-electron chi connectivity index (χ2n) is 3.46. The van der Waals surface area contributed by atoms with Crippen LogP contribution in [0.2, 0.25) is 5.02 Å². The molecule has 6 heteroatoms. The number of phenolic OH excluding ortho intramolecular Hbond substituents is 1. The molecule has 0 bridgehead atoms. The summed E-state index contributed by atoms with van der Waals surface area (Å²) >= 11 is 5.69. The summed E-state index contributed by atoms with van der Waals surface area (Å²) in [5.41, 5.74) is -0.480. The summed E-state index contributed by atoms with van der Waals surface area (Å²) in [6.45, 7) is 1.81. The quantitative estimate of drug-likeness (QED) is 0.846. The molecule has 0 amide bonds. The van der Waals surface area contributed by atoms with E-state index in [1.54, 1.807) is 6.92 Å². The molecule has 0 saturated heterocycles. The van der Waals surface area contributed by atoms with Crippen LogP contribution in [0.5, 0.6) is 5.75 Å². The van der Waals surface area contributed by atoms with E-state index in [9.17, 15) is 14.7 Å². The molecule has 0 aliphatic carbocycles. The minimum Gasteiger partial charge on any atom is -0.505 e. The zero-order valence-electron chi connectivity index (χ0n) is 9.40. The van der Waals surface area contributed by atoms with Gasteiger partial charge in [0, 0.05) is 6.07 Å². The molecule has 1 aromatic carbocycles. The first-order valence-corrected chi connectivity index (χ1v) is 5.54. The molecule has 1 N–H and O–H groups in total. The van der Waals surface area contributed by atoms with E-state index in [-0.39, 0.29) is 34.1 Å². The number of hydrogen-bond acceptors (Lipinski definition) is 5. The monoisotopic (exact) mass is 268 g/mol. The topological polar surface area (TPSA) is 76.7 Å². The normalized spacial score (nSPS) is 10.6. The van der Waals surface area contributed by atoms with E-state index >= 15 is 0 Å². The summed E-state index contributed by atoms with van der Waals surface area (Å²) in [6.07, 6.45) is 0. The molecule has 1 heterocycles. The Bertz CT molecular complexity index is 674. The number of hydrogen-bond donors (Lipinski definition) is 1. The van der Waals surface area contributed by atoms with Gasteiger partial charge in [0.05, 0.1) is 11.6 Å². The molecule has 5 nitrogen and oxygen atoms in total. The zero-order valence-corrected chi connectivity index (χ0v) is 10.2. The van der Waals surface area contributed by atoms with Crippen molar-refractivity contribution in [2.45, 2.75) is 6.92 Å². The van der Waals surface area contributed by atoms with Crippen LogP contribution >= 0.6 is 11.6 Å². The van der Waals surface area contributed by atoms with Crippen LogP contribution in [0.25, 0.3) is 11.0 Å². The molecular formula is C12H9ClO5. The number of carbonyl (C=O) groups excluding carboxylic acids is 1. The van der Waals surface area contributed by atoms with Crippen LogP contribution in [-0.2, 0) is 4.74 Å². The van der Waals surface area contributed by atoms with Crippen LogP contribution in [-0.4, -0.2) is 17.7 Å². The van der Waals surface area contributed by atoms with Gasteiger partial charge in [0.25, 0.3) is 0 Å². The number of esters is 1. The maximum absolute atomic E-state index is 11.8. The standard InChI is InChI=1S/C12H9ClO5/c1-2-17-12(16)9-5-7(14)10-8(18-9)4-3-6(13)11(10)15/h3-5,15H,2H2,1H3. The Labute approximate surface area is 107 Å². The Balaban J connectivity index is 2.68. The predicted molar refractivity (Wildman–Crippen MR) is 65.1 cm³/mol. The fourth-order valence-electron chi connectivity index (χ4n) is 1.51. The summed E-state index contributed by atoms with van der Waals surface area (Å²) in [6, 6.07) is 3.75. The summed E-state index contributed by atoms with van der Waals surface area (Å²) in [4.78, 5) is 23.2. The van der Waals surface area contributed by atoms with Crippen molar-refractivity contribution in [3.05, 3.63) is 39.2 Å².